The van der Waals surface area contributed by atoms with Gasteiger partial charge in [0.15, 0.2) is 0 Å². The Hall–Kier alpha value is -2.59. The van der Waals surface area contributed by atoms with E-state index in [1.54, 1.807) is 31.3 Å². The molecule has 0 saturated carbocycles. The molecular formula is C18H26N4O5S. The van der Waals surface area contributed by atoms with E-state index in [1.165, 1.54) is 17.7 Å². The SMILES string of the molecule is CN(CCOc1ccc(NS(C)(=O)=O)cc1)CCc1cc(=O)n(C)c(=O)n1C. The second-order valence-electron chi connectivity index (χ2n) is 6.67. The van der Waals surface area contributed by atoms with Gasteiger partial charge in [-0.2, -0.15) is 0 Å². The third kappa shape index (κ3) is 6.24. The molecule has 0 aliphatic carbocycles. The summed E-state index contributed by atoms with van der Waals surface area (Å²) in [6.45, 7) is 1.77. The van der Waals surface area contributed by atoms with Gasteiger partial charge < -0.3 is 14.2 Å². The highest BCUT2D eigenvalue weighted by Crippen LogP contribution is 2.16. The topological polar surface area (TPSA) is 103 Å². The smallest absolute Gasteiger partial charge is 0.330 e. The summed E-state index contributed by atoms with van der Waals surface area (Å²) in [7, 11) is 1.75. The molecule has 28 heavy (non-hydrogen) atoms. The largest absolute Gasteiger partial charge is 0.492 e. The maximum absolute atomic E-state index is 11.9. The van der Waals surface area contributed by atoms with Crippen molar-refractivity contribution in [3.63, 3.8) is 0 Å². The maximum Gasteiger partial charge on any atom is 0.330 e. The molecule has 0 spiro atoms. The molecule has 0 fully saturated rings. The summed E-state index contributed by atoms with van der Waals surface area (Å²) in [6.07, 6.45) is 1.67. The zero-order valence-corrected chi connectivity index (χ0v) is 17.3. The summed E-state index contributed by atoms with van der Waals surface area (Å²) in [5.41, 5.74) is 0.529. The van der Waals surface area contributed by atoms with Gasteiger partial charge in [-0.1, -0.05) is 0 Å². The van der Waals surface area contributed by atoms with Gasteiger partial charge in [-0.3, -0.25) is 14.1 Å². The van der Waals surface area contributed by atoms with Gasteiger partial charge in [0, 0.05) is 51.1 Å². The highest BCUT2D eigenvalue weighted by atomic mass is 32.2. The predicted octanol–water partition coefficient (Wildman–Crippen LogP) is 0.00880. The quantitative estimate of drug-likeness (QED) is 0.625. The van der Waals surface area contributed by atoms with E-state index in [9.17, 15) is 18.0 Å². The molecule has 0 unspecified atom stereocenters. The number of hydrogen-bond donors (Lipinski definition) is 1. The van der Waals surface area contributed by atoms with Crippen LogP contribution in [0.1, 0.15) is 5.69 Å². The Morgan fingerprint density at radius 1 is 1.07 bits per heavy atom. The summed E-state index contributed by atoms with van der Waals surface area (Å²) in [4.78, 5) is 25.7. The first-order chi connectivity index (χ1) is 13.1. The predicted molar refractivity (Wildman–Crippen MR) is 109 cm³/mol. The molecule has 0 saturated heterocycles. The minimum atomic E-state index is -3.30. The molecule has 1 heterocycles. The van der Waals surface area contributed by atoms with E-state index >= 15 is 0 Å². The van der Waals surface area contributed by atoms with Crippen LogP contribution >= 0.6 is 0 Å². The van der Waals surface area contributed by atoms with Crippen molar-refractivity contribution in [2.45, 2.75) is 6.42 Å². The van der Waals surface area contributed by atoms with Crippen LogP contribution < -0.4 is 20.7 Å². The Morgan fingerprint density at radius 3 is 2.32 bits per heavy atom. The van der Waals surface area contributed by atoms with Crippen LogP contribution in [-0.2, 0) is 30.5 Å². The number of anilines is 1. The zero-order chi connectivity index (χ0) is 20.9. The Morgan fingerprint density at radius 2 is 1.71 bits per heavy atom. The summed E-state index contributed by atoms with van der Waals surface area (Å²) >= 11 is 0. The number of sulfonamides is 1. The Bertz CT molecular complexity index is 1030. The van der Waals surface area contributed by atoms with Crippen molar-refractivity contribution < 1.29 is 13.2 Å². The first kappa shape index (κ1) is 21.7. The van der Waals surface area contributed by atoms with Gasteiger partial charge >= 0.3 is 5.69 Å². The fraction of sp³-hybridized carbons (Fsp3) is 0.444. The number of nitrogens with zero attached hydrogens (tertiary/aromatic N) is 3. The van der Waals surface area contributed by atoms with Crippen molar-refractivity contribution in [3.05, 3.63) is 56.9 Å². The van der Waals surface area contributed by atoms with Crippen LogP contribution in [0.25, 0.3) is 0 Å². The molecule has 10 heteroatoms. The number of rotatable bonds is 9. The minimum Gasteiger partial charge on any atom is -0.492 e. The van der Waals surface area contributed by atoms with E-state index in [-0.39, 0.29) is 11.2 Å². The standard InChI is InChI=1S/C18H26N4O5S/c1-20(10-9-15-13-17(23)22(3)18(24)21(15)2)11-12-27-16-7-5-14(6-8-16)19-28(4,25)26/h5-8,13,19H,9-12H2,1-4H3. The second kappa shape index (κ2) is 9.07. The van der Waals surface area contributed by atoms with E-state index < -0.39 is 10.0 Å². The van der Waals surface area contributed by atoms with Crippen molar-refractivity contribution in [1.29, 1.82) is 0 Å². The van der Waals surface area contributed by atoms with E-state index in [0.717, 1.165) is 10.8 Å². The van der Waals surface area contributed by atoms with Gasteiger partial charge in [-0.25, -0.2) is 13.2 Å². The molecule has 0 bridgehead atoms. The number of ether oxygens (including phenoxy) is 1. The van der Waals surface area contributed by atoms with Crippen LogP contribution in [0.5, 0.6) is 5.75 Å². The average molecular weight is 410 g/mol. The van der Waals surface area contributed by atoms with Crippen molar-refractivity contribution in [1.82, 2.24) is 14.0 Å². The summed E-state index contributed by atoms with van der Waals surface area (Å²) < 4.78 is 33.0. The molecule has 0 radical (unpaired) electrons. The van der Waals surface area contributed by atoms with Gasteiger partial charge in [0.1, 0.15) is 12.4 Å². The molecule has 1 aromatic heterocycles. The van der Waals surface area contributed by atoms with Crippen LogP contribution in [0.4, 0.5) is 5.69 Å². The van der Waals surface area contributed by atoms with E-state index in [4.69, 9.17) is 4.74 Å². The highest BCUT2D eigenvalue weighted by molar-refractivity contribution is 7.92. The van der Waals surface area contributed by atoms with Crippen LogP contribution in [-0.4, -0.2) is 55.5 Å². The first-order valence-corrected chi connectivity index (χ1v) is 10.6. The van der Waals surface area contributed by atoms with Crippen molar-refractivity contribution in [3.8, 4) is 5.75 Å². The van der Waals surface area contributed by atoms with Crippen molar-refractivity contribution in [2.75, 3.05) is 37.7 Å². The van der Waals surface area contributed by atoms with Gasteiger partial charge in [-0.05, 0) is 31.3 Å². The lowest BCUT2D eigenvalue weighted by Gasteiger charge is -2.18. The average Bonchev–Trinajstić information content (AvgIpc) is 2.62. The Kier molecular flexibility index (Phi) is 7.03. The normalized spacial score (nSPS) is 11.6. The molecule has 2 rings (SSSR count). The monoisotopic (exact) mass is 410 g/mol. The Balaban J connectivity index is 1.81. The number of hydrogen-bond acceptors (Lipinski definition) is 6. The third-order valence-corrected chi connectivity index (χ3v) is 4.88. The number of aromatic nitrogens is 2. The van der Waals surface area contributed by atoms with Crippen LogP contribution in [0, 0.1) is 0 Å². The lowest BCUT2D eigenvalue weighted by atomic mass is 10.2. The minimum absolute atomic E-state index is 0.308. The molecule has 1 aromatic carbocycles. The Labute approximate surface area is 164 Å². The molecule has 0 atom stereocenters. The second-order valence-corrected chi connectivity index (χ2v) is 8.42. The molecule has 154 valence electrons. The van der Waals surface area contributed by atoms with Crippen molar-refractivity contribution >= 4 is 15.7 Å². The fourth-order valence-electron chi connectivity index (χ4n) is 2.59. The van der Waals surface area contributed by atoms with Crippen molar-refractivity contribution in [2.24, 2.45) is 14.1 Å². The summed E-state index contributed by atoms with van der Waals surface area (Å²) in [5.74, 6) is 0.640. The fourth-order valence-corrected chi connectivity index (χ4v) is 3.15. The number of nitrogens with one attached hydrogen (secondary N) is 1. The van der Waals surface area contributed by atoms with E-state index in [1.807, 2.05) is 11.9 Å². The number of likely N-dealkylation sites (N-methyl/N-ethyl adjacent to an activating group) is 1. The van der Waals surface area contributed by atoms with Gasteiger partial charge in [0.2, 0.25) is 10.0 Å². The van der Waals surface area contributed by atoms with Crippen LogP contribution in [0.15, 0.2) is 39.9 Å². The van der Waals surface area contributed by atoms with E-state index in [2.05, 4.69) is 4.72 Å². The molecule has 1 N–H and O–H groups in total. The van der Waals surface area contributed by atoms with E-state index in [0.29, 0.717) is 43.2 Å². The highest BCUT2D eigenvalue weighted by Gasteiger charge is 2.08. The lowest BCUT2D eigenvalue weighted by Crippen LogP contribution is -2.38. The molecule has 2 aromatic rings. The maximum atomic E-state index is 11.9. The van der Waals surface area contributed by atoms with Crippen LogP contribution in [0.3, 0.4) is 0 Å². The van der Waals surface area contributed by atoms with Gasteiger partial charge in [-0.15, -0.1) is 0 Å². The third-order valence-electron chi connectivity index (χ3n) is 4.27. The lowest BCUT2D eigenvalue weighted by molar-refractivity contribution is 0.238. The molecule has 0 amide bonds. The molecular weight excluding hydrogens is 384 g/mol. The first-order valence-electron chi connectivity index (χ1n) is 8.72. The summed E-state index contributed by atoms with van der Waals surface area (Å²) in [6, 6.07) is 8.15. The van der Waals surface area contributed by atoms with Gasteiger partial charge in [0.05, 0.1) is 6.26 Å². The zero-order valence-electron chi connectivity index (χ0n) is 16.5. The van der Waals surface area contributed by atoms with Crippen LogP contribution in [0.2, 0.25) is 0 Å². The molecule has 0 aliphatic rings. The summed E-state index contributed by atoms with van der Waals surface area (Å²) in [5, 5.41) is 0. The molecule has 0 aliphatic heterocycles. The van der Waals surface area contributed by atoms with Gasteiger partial charge in [0.25, 0.3) is 5.56 Å². The molecule has 9 nitrogen and oxygen atoms in total. The number of benzene rings is 1.